The van der Waals surface area contributed by atoms with Gasteiger partial charge in [0.1, 0.15) is 0 Å². The molecular formula is C13H12BrFN2O2S. The predicted octanol–water partition coefficient (Wildman–Crippen LogP) is 4.19. The van der Waals surface area contributed by atoms with E-state index >= 15 is 0 Å². The summed E-state index contributed by atoms with van der Waals surface area (Å²) < 4.78 is 15.0. The van der Waals surface area contributed by atoms with Gasteiger partial charge in [0.25, 0.3) is 0 Å². The molecule has 2 aromatic rings. The third kappa shape index (κ3) is 3.62. The molecule has 4 nitrogen and oxygen atoms in total. The van der Waals surface area contributed by atoms with Crippen molar-refractivity contribution in [3.63, 3.8) is 0 Å². The van der Waals surface area contributed by atoms with E-state index in [4.69, 9.17) is 0 Å². The number of hydrogen-bond donors (Lipinski definition) is 0. The summed E-state index contributed by atoms with van der Waals surface area (Å²) >= 11 is 4.99. The summed E-state index contributed by atoms with van der Waals surface area (Å²) in [5, 5.41) is 12.7. The summed E-state index contributed by atoms with van der Waals surface area (Å²) in [6, 6.07) is 6.26. The second kappa shape index (κ2) is 6.43. The Morgan fingerprint density at radius 3 is 2.80 bits per heavy atom. The number of nitrogens with zero attached hydrogens (tertiary/aromatic N) is 2. The van der Waals surface area contributed by atoms with Gasteiger partial charge in [-0.25, -0.2) is 0 Å². The van der Waals surface area contributed by atoms with Gasteiger partial charge in [0.2, 0.25) is 5.82 Å². The predicted molar refractivity (Wildman–Crippen MR) is 80.2 cm³/mol. The molecule has 0 N–H and O–H groups in total. The van der Waals surface area contributed by atoms with Gasteiger partial charge >= 0.3 is 5.69 Å². The third-order valence-electron chi connectivity index (χ3n) is 2.74. The molecule has 0 aliphatic rings. The van der Waals surface area contributed by atoms with Crippen LogP contribution in [0, 0.1) is 15.9 Å². The number of halogens is 2. The van der Waals surface area contributed by atoms with Crippen LogP contribution in [0.25, 0.3) is 0 Å². The molecule has 0 fully saturated rings. The van der Waals surface area contributed by atoms with E-state index in [0.717, 1.165) is 9.35 Å². The van der Waals surface area contributed by atoms with Crippen molar-refractivity contribution in [3.8, 4) is 0 Å². The lowest BCUT2D eigenvalue weighted by atomic mass is 10.1. The molecule has 0 saturated heterocycles. The Morgan fingerprint density at radius 1 is 1.45 bits per heavy atom. The van der Waals surface area contributed by atoms with Crippen LogP contribution < -0.4 is 0 Å². The molecule has 0 radical (unpaired) electrons. The molecule has 7 heteroatoms. The standard InChI is InChI=1S/C13H12BrFN2O2S/c1-16(7-11-5-10(14)8-20-11)6-9-3-2-4-12(13(9)15)17(18)19/h2-5,8H,6-7H2,1H3. The Morgan fingerprint density at radius 2 is 2.20 bits per heavy atom. The quantitative estimate of drug-likeness (QED) is 0.594. The number of hydrogen-bond acceptors (Lipinski definition) is 4. The molecule has 1 aromatic heterocycles. The van der Waals surface area contributed by atoms with Crippen LogP contribution in [0.15, 0.2) is 34.1 Å². The van der Waals surface area contributed by atoms with Gasteiger partial charge in [0, 0.05) is 39.4 Å². The highest BCUT2D eigenvalue weighted by Gasteiger charge is 2.18. The highest BCUT2D eigenvalue weighted by Crippen LogP contribution is 2.23. The molecule has 1 aromatic carbocycles. The minimum absolute atomic E-state index is 0.322. The van der Waals surface area contributed by atoms with Crippen molar-refractivity contribution in [3.05, 3.63) is 60.5 Å². The van der Waals surface area contributed by atoms with E-state index in [-0.39, 0.29) is 0 Å². The molecular weight excluding hydrogens is 347 g/mol. The molecule has 0 aliphatic heterocycles. The number of nitro groups is 1. The third-order valence-corrected chi connectivity index (χ3v) is 4.43. The SMILES string of the molecule is CN(Cc1cc(Br)cs1)Cc1cccc([N+](=O)[O-])c1F. The van der Waals surface area contributed by atoms with Crippen LogP contribution in [0.1, 0.15) is 10.4 Å². The van der Waals surface area contributed by atoms with Crippen LogP contribution in [0.2, 0.25) is 0 Å². The Labute approximate surface area is 128 Å². The van der Waals surface area contributed by atoms with Crippen molar-refractivity contribution in [2.24, 2.45) is 0 Å². The van der Waals surface area contributed by atoms with Crippen molar-refractivity contribution in [1.82, 2.24) is 4.90 Å². The van der Waals surface area contributed by atoms with E-state index in [9.17, 15) is 14.5 Å². The van der Waals surface area contributed by atoms with Gasteiger partial charge in [0.05, 0.1) is 4.92 Å². The monoisotopic (exact) mass is 358 g/mol. The van der Waals surface area contributed by atoms with Gasteiger partial charge in [-0.1, -0.05) is 12.1 Å². The average molecular weight is 359 g/mol. The summed E-state index contributed by atoms with van der Waals surface area (Å²) in [6.45, 7) is 0.988. The fourth-order valence-corrected chi connectivity index (χ4v) is 3.41. The normalized spacial score (nSPS) is 11.0. The second-order valence-corrected chi connectivity index (χ2v) is 6.32. The lowest BCUT2D eigenvalue weighted by Gasteiger charge is -2.16. The van der Waals surface area contributed by atoms with E-state index in [1.807, 2.05) is 23.4 Å². The minimum atomic E-state index is -0.753. The molecule has 0 amide bonds. The van der Waals surface area contributed by atoms with E-state index in [0.29, 0.717) is 18.7 Å². The van der Waals surface area contributed by atoms with Gasteiger partial charge in [-0.05, 0) is 29.0 Å². The number of nitro benzene ring substituents is 1. The Hall–Kier alpha value is -1.31. The number of benzene rings is 1. The van der Waals surface area contributed by atoms with E-state index in [1.165, 1.54) is 12.1 Å². The first-order valence-corrected chi connectivity index (χ1v) is 7.48. The van der Waals surface area contributed by atoms with Crippen LogP contribution in [0.4, 0.5) is 10.1 Å². The first-order chi connectivity index (χ1) is 9.47. The maximum atomic E-state index is 14.0. The summed E-state index contributed by atoms with van der Waals surface area (Å²) in [7, 11) is 1.85. The van der Waals surface area contributed by atoms with Gasteiger partial charge in [-0.2, -0.15) is 4.39 Å². The Kier molecular flexibility index (Phi) is 4.85. The molecule has 0 unspecified atom stereocenters. The molecule has 20 heavy (non-hydrogen) atoms. The largest absolute Gasteiger partial charge is 0.305 e. The van der Waals surface area contributed by atoms with Crippen LogP contribution in [-0.4, -0.2) is 16.9 Å². The maximum Gasteiger partial charge on any atom is 0.305 e. The maximum absolute atomic E-state index is 14.0. The van der Waals surface area contributed by atoms with E-state index in [1.54, 1.807) is 17.4 Å². The average Bonchev–Trinajstić information content (AvgIpc) is 2.77. The zero-order chi connectivity index (χ0) is 14.7. The molecule has 0 bridgehead atoms. The first kappa shape index (κ1) is 15.1. The Balaban J connectivity index is 2.09. The molecule has 2 rings (SSSR count). The highest BCUT2D eigenvalue weighted by atomic mass is 79.9. The zero-order valence-corrected chi connectivity index (χ0v) is 13.1. The highest BCUT2D eigenvalue weighted by molar-refractivity contribution is 9.10. The molecule has 0 spiro atoms. The van der Waals surface area contributed by atoms with E-state index in [2.05, 4.69) is 15.9 Å². The lowest BCUT2D eigenvalue weighted by molar-refractivity contribution is -0.387. The minimum Gasteiger partial charge on any atom is -0.297 e. The van der Waals surface area contributed by atoms with Crippen LogP contribution in [0.5, 0.6) is 0 Å². The van der Waals surface area contributed by atoms with E-state index < -0.39 is 16.4 Å². The smallest absolute Gasteiger partial charge is 0.297 e. The fraction of sp³-hybridized carbons (Fsp3) is 0.231. The molecule has 1 heterocycles. The summed E-state index contributed by atoms with van der Waals surface area (Å²) in [5.74, 6) is -0.753. The number of rotatable bonds is 5. The topological polar surface area (TPSA) is 46.4 Å². The van der Waals surface area contributed by atoms with Gasteiger partial charge in [0.15, 0.2) is 0 Å². The van der Waals surface area contributed by atoms with Crippen LogP contribution >= 0.6 is 27.3 Å². The molecule has 0 aliphatic carbocycles. The Bertz CT molecular complexity index is 633. The van der Waals surface area contributed by atoms with Gasteiger partial charge in [-0.15, -0.1) is 11.3 Å². The number of thiophene rings is 1. The van der Waals surface area contributed by atoms with Crippen LogP contribution in [-0.2, 0) is 13.1 Å². The zero-order valence-electron chi connectivity index (χ0n) is 10.7. The lowest BCUT2D eigenvalue weighted by Crippen LogP contribution is -2.17. The van der Waals surface area contributed by atoms with Crippen molar-refractivity contribution in [2.75, 3.05) is 7.05 Å². The molecule has 106 valence electrons. The van der Waals surface area contributed by atoms with Gasteiger partial charge < -0.3 is 0 Å². The van der Waals surface area contributed by atoms with Crippen molar-refractivity contribution in [2.45, 2.75) is 13.1 Å². The van der Waals surface area contributed by atoms with Crippen molar-refractivity contribution in [1.29, 1.82) is 0 Å². The molecule has 0 atom stereocenters. The fourth-order valence-electron chi connectivity index (χ4n) is 1.88. The van der Waals surface area contributed by atoms with Crippen molar-refractivity contribution >= 4 is 33.0 Å². The van der Waals surface area contributed by atoms with Crippen molar-refractivity contribution < 1.29 is 9.31 Å². The van der Waals surface area contributed by atoms with Crippen LogP contribution in [0.3, 0.4) is 0 Å². The summed E-state index contributed by atoms with van der Waals surface area (Å²) in [4.78, 5) is 13.1. The summed E-state index contributed by atoms with van der Waals surface area (Å²) in [5.41, 5.74) is -0.146. The second-order valence-electron chi connectivity index (χ2n) is 4.41. The first-order valence-electron chi connectivity index (χ1n) is 5.80. The molecule has 0 saturated carbocycles. The van der Waals surface area contributed by atoms with Gasteiger partial charge in [-0.3, -0.25) is 15.0 Å². The summed E-state index contributed by atoms with van der Waals surface area (Å²) in [6.07, 6.45) is 0.